The minimum Gasteiger partial charge on any atom is -0.504 e. The summed E-state index contributed by atoms with van der Waals surface area (Å²) in [5, 5.41) is 31.9. The van der Waals surface area contributed by atoms with Crippen molar-refractivity contribution in [2.24, 2.45) is 5.10 Å². The molecule has 1 amide bonds. The number of aromatic hydroxyl groups is 3. The highest BCUT2D eigenvalue weighted by atomic mass is 19.4. The third-order valence-electron chi connectivity index (χ3n) is 4.28. The summed E-state index contributed by atoms with van der Waals surface area (Å²) < 4.78 is 43.3. The topological polar surface area (TPSA) is 111 Å². The quantitative estimate of drug-likeness (QED) is 0.258. The Morgan fingerprint density at radius 2 is 1.56 bits per heavy atom. The molecular formula is C22H17F3N2O5. The number of rotatable bonds is 6. The van der Waals surface area contributed by atoms with E-state index in [0.29, 0.717) is 16.9 Å². The lowest BCUT2D eigenvalue weighted by Crippen LogP contribution is -2.17. The summed E-state index contributed by atoms with van der Waals surface area (Å²) >= 11 is 0. The normalized spacial score (nSPS) is 11.5. The number of halogens is 3. The van der Waals surface area contributed by atoms with Gasteiger partial charge < -0.3 is 20.1 Å². The summed E-state index contributed by atoms with van der Waals surface area (Å²) in [7, 11) is 0. The number of amides is 1. The molecule has 4 N–H and O–H groups in total. The number of phenols is 3. The fourth-order valence-electron chi connectivity index (χ4n) is 2.57. The smallest absolute Gasteiger partial charge is 0.416 e. The summed E-state index contributed by atoms with van der Waals surface area (Å²) in [6.07, 6.45) is -3.04. The van der Waals surface area contributed by atoms with Gasteiger partial charge in [-0.2, -0.15) is 18.3 Å². The molecule has 3 rings (SSSR count). The highest BCUT2D eigenvalue weighted by Crippen LogP contribution is 2.35. The van der Waals surface area contributed by atoms with Crippen molar-refractivity contribution in [2.75, 3.05) is 0 Å². The molecule has 0 saturated heterocycles. The largest absolute Gasteiger partial charge is 0.504 e. The first-order valence-corrected chi connectivity index (χ1v) is 9.11. The number of nitrogens with one attached hydrogen (secondary N) is 1. The molecule has 7 nitrogen and oxygen atoms in total. The Balaban J connectivity index is 1.53. The summed E-state index contributed by atoms with van der Waals surface area (Å²) in [6.45, 7) is 0.0912. The van der Waals surface area contributed by atoms with Crippen molar-refractivity contribution in [1.82, 2.24) is 5.43 Å². The third-order valence-corrected chi connectivity index (χ3v) is 4.28. The molecule has 0 aromatic heterocycles. The highest BCUT2D eigenvalue weighted by Gasteiger charge is 2.29. The van der Waals surface area contributed by atoms with Crippen LogP contribution in [-0.4, -0.2) is 27.4 Å². The zero-order chi connectivity index (χ0) is 23.3. The molecule has 0 fully saturated rings. The maximum atomic E-state index is 12.6. The van der Waals surface area contributed by atoms with Gasteiger partial charge in [0, 0.05) is 5.56 Å². The second-order valence-corrected chi connectivity index (χ2v) is 6.61. The SMILES string of the molecule is O=C(N/N=C/c1ccc(OCc2ccc(C(F)(F)F)cc2)cc1)c1cc(O)c(O)c(O)c1. The predicted octanol–water partition coefficient (Wildman–Crippen LogP) is 4.17. The van der Waals surface area contributed by atoms with Crippen molar-refractivity contribution in [3.05, 3.63) is 82.9 Å². The Hall–Kier alpha value is -4.21. The molecule has 32 heavy (non-hydrogen) atoms. The van der Waals surface area contributed by atoms with Gasteiger partial charge in [0.15, 0.2) is 17.2 Å². The molecule has 3 aromatic rings. The van der Waals surface area contributed by atoms with Gasteiger partial charge in [0.2, 0.25) is 0 Å². The zero-order valence-corrected chi connectivity index (χ0v) is 16.3. The molecule has 0 aliphatic carbocycles. The van der Waals surface area contributed by atoms with Gasteiger partial charge in [0.1, 0.15) is 12.4 Å². The molecular weight excluding hydrogens is 429 g/mol. The molecule has 0 spiro atoms. The van der Waals surface area contributed by atoms with Crippen molar-refractivity contribution in [3.63, 3.8) is 0 Å². The van der Waals surface area contributed by atoms with Gasteiger partial charge in [-0.1, -0.05) is 12.1 Å². The van der Waals surface area contributed by atoms with Crippen LogP contribution in [0.15, 0.2) is 65.8 Å². The van der Waals surface area contributed by atoms with Crippen LogP contribution in [0.1, 0.15) is 27.0 Å². The first-order valence-electron chi connectivity index (χ1n) is 9.11. The summed E-state index contributed by atoms with van der Waals surface area (Å²) in [6, 6.07) is 13.2. The third kappa shape index (κ3) is 5.69. The fourth-order valence-corrected chi connectivity index (χ4v) is 2.57. The van der Waals surface area contributed by atoms with Gasteiger partial charge in [-0.3, -0.25) is 4.79 Å². The van der Waals surface area contributed by atoms with Crippen molar-refractivity contribution in [1.29, 1.82) is 0 Å². The molecule has 0 atom stereocenters. The monoisotopic (exact) mass is 446 g/mol. The maximum Gasteiger partial charge on any atom is 0.416 e. The van der Waals surface area contributed by atoms with E-state index in [2.05, 4.69) is 10.5 Å². The second kappa shape index (κ2) is 9.29. The van der Waals surface area contributed by atoms with Gasteiger partial charge in [0.05, 0.1) is 11.8 Å². The Labute approximate surface area is 180 Å². The van der Waals surface area contributed by atoms with Crippen molar-refractivity contribution < 1.29 is 38.0 Å². The van der Waals surface area contributed by atoms with Crippen LogP contribution in [0.4, 0.5) is 13.2 Å². The molecule has 0 aliphatic heterocycles. The number of carbonyl (C=O) groups is 1. The number of benzene rings is 3. The fraction of sp³-hybridized carbons (Fsp3) is 0.0909. The van der Waals surface area contributed by atoms with E-state index in [9.17, 15) is 33.3 Å². The number of ether oxygens (including phenoxy) is 1. The number of alkyl halides is 3. The van der Waals surface area contributed by atoms with E-state index in [0.717, 1.165) is 24.3 Å². The number of phenolic OH excluding ortho intramolecular Hbond substituents is 3. The van der Waals surface area contributed by atoms with Crippen LogP contribution in [0.25, 0.3) is 0 Å². The Kier molecular flexibility index (Phi) is 6.53. The first-order chi connectivity index (χ1) is 15.1. The van der Waals surface area contributed by atoms with Crippen LogP contribution in [0.2, 0.25) is 0 Å². The van der Waals surface area contributed by atoms with Crippen molar-refractivity contribution in [2.45, 2.75) is 12.8 Å². The lowest BCUT2D eigenvalue weighted by atomic mass is 10.1. The molecule has 0 radical (unpaired) electrons. The standard InChI is InChI=1S/C22H17F3N2O5/c23-22(24,25)16-5-1-14(2-6-16)12-32-17-7-3-13(4-8-17)11-26-27-21(31)15-9-18(28)20(30)19(29)10-15/h1-11,28-30H,12H2,(H,27,31)/b26-11+. The van der Waals surface area contributed by atoms with Crippen molar-refractivity contribution in [3.8, 4) is 23.0 Å². The maximum absolute atomic E-state index is 12.6. The van der Waals surface area contributed by atoms with E-state index in [-0.39, 0.29) is 12.2 Å². The van der Waals surface area contributed by atoms with Gasteiger partial charge >= 0.3 is 6.18 Å². The molecule has 166 valence electrons. The lowest BCUT2D eigenvalue weighted by Gasteiger charge is -2.09. The van der Waals surface area contributed by atoms with Crippen LogP contribution in [0.5, 0.6) is 23.0 Å². The summed E-state index contributed by atoms with van der Waals surface area (Å²) in [5.74, 6) is -2.26. The van der Waals surface area contributed by atoms with Crippen LogP contribution in [-0.2, 0) is 12.8 Å². The molecule has 0 bridgehead atoms. The number of carbonyl (C=O) groups excluding carboxylic acids is 1. The predicted molar refractivity (Wildman–Crippen MR) is 109 cm³/mol. The van der Waals surface area contributed by atoms with E-state index in [1.807, 2.05) is 0 Å². The molecule has 10 heteroatoms. The molecule has 0 heterocycles. The van der Waals surface area contributed by atoms with Gasteiger partial charge in [-0.15, -0.1) is 0 Å². The highest BCUT2D eigenvalue weighted by molar-refractivity contribution is 5.96. The molecule has 0 unspecified atom stereocenters. The molecule has 0 aliphatic rings. The summed E-state index contributed by atoms with van der Waals surface area (Å²) in [5.41, 5.74) is 2.57. The second-order valence-electron chi connectivity index (χ2n) is 6.61. The molecule has 3 aromatic carbocycles. The van der Waals surface area contributed by atoms with Gasteiger partial charge in [0.25, 0.3) is 5.91 Å². The Morgan fingerprint density at radius 3 is 2.12 bits per heavy atom. The number of hydrogen-bond acceptors (Lipinski definition) is 6. The number of nitrogens with zero attached hydrogens (tertiary/aromatic N) is 1. The number of hydrazone groups is 1. The average molecular weight is 446 g/mol. The van der Waals surface area contributed by atoms with Crippen LogP contribution >= 0.6 is 0 Å². The first kappa shape index (κ1) is 22.5. The van der Waals surface area contributed by atoms with Gasteiger partial charge in [-0.25, -0.2) is 5.43 Å². The van der Waals surface area contributed by atoms with E-state index in [1.165, 1.54) is 18.3 Å². The summed E-state index contributed by atoms with van der Waals surface area (Å²) in [4.78, 5) is 12.0. The van der Waals surface area contributed by atoms with E-state index < -0.39 is 34.9 Å². The van der Waals surface area contributed by atoms with E-state index >= 15 is 0 Å². The minimum absolute atomic E-state index is 0.0912. The average Bonchev–Trinajstić information content (AvgIpc) is 2.76. The Morgan fingerprint density at radius 1 is 0.969 bits per heavy atom. The van der Waals surface area contributed by atoms with Crippen LogP contribution < -0.4 is 10.2 Å². The van der Waals surface area contributed by atoms with E-state index in [1.54, 1.807) is 24.3 Å². The lowest BCUT2D eigenvalue weighted by molar-refractivity contribution is -0.137. The number of hydrogen-bond donors (Lipinski definition) is 4. The zero-order valence-electron chi connectivity index (χ0n) is 16.3. The minimum atomic E-state index is -4.39. The van der Waals surface area contributed by atoms with Crippen LogP contribution in [0.3, 0.4) is 0 Å². The molecule has 0 saturated carbocycles. The van der Waals surface area contributed by atoms with E-state index in [4.69, 9.17) is 4.74 Å². The van der Waals surface area contributed by atoms with Crippen LogP contribution in [0, 0.1) is 0 Å². The van der Waals surface area contributed by atoms with Crippen molar-refractivity contribution >= 4 is 12.1 Å². The van der Waals surface area contributed by atoms with Gasteiger partial charge in [-0.05, 0) is 59.7 Å². The Bertz CT molecular complexity index is 1100.